The molecule has 0 saturated carbocycles. The normalized spacial score (nSPS) is 30.7. The maximum absolute atomic E-state index is 5.76. The van der Waals surface area contributed by atoms with Crippen molar-refractivity contribution in [3.8, 4) is 0 Å². The summed E-state index contributed by atoms with van der Waals surface area (Å²) < 4.78 is 11.0. The van der Waals surface area contributed by atoms with Gasteiger partial charge in [-0.3, -0.25) is 9.80 Å². The van der Waals surface area contributed by atoms with E-state index in [-0.39, 0.29) is 0 Å². The van der Waals surface area contributed by atoms with Crippen LogP contribution in [0.1, 0.15) is 11.3 Å². The van der Waals surface area contributed by atoms with Crippen LogP contribution in [0.25, 0.3) is 0 Å². The first-order valence-corrected chi connectivity index (χ1v) is 8.70. The molecule has 3 atom stereocenters. The molecule has 0 bridgehead atoms. The number of thiophene rings is 1. The highest BCUT2D eigenvalue weighted by atomic mass is 32.1. The van der Waals surface area contributed by atoms with Crippen molar-refractivity contribution < 1.29 is 9.47 Å². The van der Waals surface area contributed by atoms with Gasteiger partial charge in [0.15, 0.2) is 0 Å². The molecule has 0 amide bonds. The fraction of sp³-hybridized carbons (Fsp3) is 0.750. The van der Waals surface area contributed by atoms with Crippen molar-refractivity contribution in [1.29, 1.82) is 0 Å². The van der Waals surface area contributed by atoms with Gasteiger partial charge in [0.2, 0.25) is 0 Å². The van der Waals surface area contributed by atoms with Crippen LogP contribution in [0.4, 0.5) is 0 Å². The Bertz CT molecular complexity index is 426. The summed E-state index contributed by atoms with van der Waals surface area (Å²) >= 11 is 1.87. The Kier molecular flexibility index (Phi) is 5.29. The second-order valence-electron chi connectivity index (χ2n) is 6.10. The van der Waals surface area contributed by atoms with E-state index in [1.807, 2.05) is 18.4 Å². The lowest BCUT2D eigenvalue weighted by Crippen LogP contribution is -2.50. The first-order chi connectivity index (χ1) is 10.3. The fourth-order valence-corrected chi connectivity index (χ4v) is 4.54. The summed E-state index contributed by atoms with van der Waals surface area (Å²) in [6, 6.07) is 5.03. The highest BCUT2D eigenvalue weighted by molar-refractivity contribution is 7.09. The molecule has 0 spiro atoms. The van der Waals surface area contributed by atoms with Gasteiger partial charge in [-0.1, -0.05) is 6.07 Å². The SMILES string of the molecule is COCCN1C[C@@H]2[C@@H](OC)CCN(Cc3cccs3)[C@@H]2C1. The molecule has 0 aliphatic carbocycles. The molecule has 0 radical (unpaired) electrons. The monoisotopic (exact) mass is 310 g/mol. The molecule has 2 saturated heterocycles. The zero-order valence-corrected chi connectivity index (χ0v) is 13.8. The molecule has 1 aromatic heterocycles. The van der Waals surface area contributed by atoms with Crippen molar-refractivity contribution in [2.24, 2.45) is 5.92 Å². The lowest BCUT2D eigenvalue weighted by atomic mass is 9.89. The fourth-order valence-electron chi connectivity index (χ4n) is 3.81. The summed E-state index contributed by atoms with van der Waals surface area (Å²) in [5.74, 6) is 0.639. The highest BCUT2D eigenvalue weighted by Gasteiger charge is 2.44. The van der Waals surface area contributed by atoms with Crippen molar-refractivity contribution in [3.63, 3.8) is 0 Å². The van der Waals surface area contributed by atoms with Crippen LogP contribution < -0.4 is 0 Å². The largest absolute Gasteiger partial charge is 0.383 e. The summed E-state index contributed by atoms with van der Waals surface area (Å²) in [7, 11) is 3.65. The smallest absolute Gasteiger partial charge is 0.0639 e. The van der Waals surface area contributed by atoms with E-state index in [4.69, 9.17) is 9.47 Å². The van der Waals surface area contributed by atoms with Crippen molar-refractivity contribution in [2.75, 3.05) is 47.0 Å². The van der Waals surface area contributed by atoms with Gasteiger partial charge in [0.05, 0.1) is 12.7 Å². The molecular formula is C16H26N2O2S. The van der Waals surface area contributed by atoms with E-state index in [0.29, 0.717) is 18.1 Å². The van der Waals surface area contributed by atoms with E-state index in [0.717, 1.165) is 45.8 Å². The van der Waals surface area contributed by atoms with Gasteiger partial charge in [-0.15, -0.1) is 11.3 Å². The molecule has 5 heteroatoms. The summed E-state index contributed by atoms with van der Waals surface area (Å²) in [6.07, 6.45) is 1.57. The number of hydrogen-bond donors (Lipinski definition) is 0. The molecule has 0 aromatic carbocycles. The molecule has 1 aromatic rings. The Labute approximate surface area is 131 Å². The minimum atomic E-state index is 0.419. The van der Waals surface area contributed by atoms with Crippen molar-refractivity contribution >= 4 is 11.3 Å². The summed E-state index contributed by atoms with van der Waals surface area (Å²) in [4.78, 5) is 6.68. The molecule has 3 rings (SSSR count). The zero-order valence-electron chi connectivity index (χ0n) is 13.0. The quantitative estimate of drug-likeness (QED) is 0.801. The maximum atomic E-state index is 5.76. The van der Waals surface area contributed by atoms with Crippen LogP contribution in [0.15, 0.2) is 17.5 Å². The average Bonchev–Trinajstić information content (AvgIpc) is 3.14. The van der Waals surface area contributed by atoms with Crippen molar-refractivity contribution in [3.05, 3.63) is 22.4 Å². The average molecular weight is 310 g/mol. The number of likely N-dealkylation sites (tertiary alicyclic amines) is 2. The Balaban J connectivity index is 1.66. The molecule has 0 N–H and O–H groups in total. The van der Waals surface area contributed by atoms with Gasteiger partial charge in [-0.05, 0) is 17.9 Å². The maximum Gasteiger partial charge on any atom is 0.0639 e. The van der Waals surface area contributed by atoms with Crippen LogP contribution in [0.3, 0.4) is 0 Å². The number of rotatable bonds is 6. The third-order valence-electron chi connectivity index (χ3n) is 4.91. The van der Waals surface area contributed by atoms with Crippen LogP contribution in [0.2, 0.25) is 0 Å². The Hall–Kier alpha value is -0.460. The van der Waals surface area contributed by atoms with Crippen molar-refractivity contribution in [2.45, 2.75) is 25.1 Å². The van der Waals surface area contributed by atoms with Gasteiger partial charge in [-0.25, -0.2) is 0 Å². The summed E-state index contributed by atoms with van der Waals surface area (Å²) in [5.41, 5.74) is 0. The minimum absolute atomic E-state index is 0.419. The number of piperidine rings is 1. The number of hydrogen-bond acceptors (Lipinski definition) is 5. The highest BCUT2D eigenvalue weighted by Crippen LogP contribution is 2.33. The van der Waals surface area contributed by atoms with E-state index in [1.54, 1.807) is 7.11 Å². The lowest BCUT2D eigenvalue weighted by Gasteiger charge is -2.41. The van der Waals surface area contributed by atoms with E-state index >= 15 is 0 Å². The van der Waals surface area contributed by atoms with Gasteiger partial charge in [0.25, 0.3) is 0 Å². The Morgan fingerprint density at radius 3 is 2.95 bits per heavy atom. The molecule has 3 heterocycles. The van der Waals surface area contributed by atoms with Gasteiger partial charge in [0, 0.05) is 63.8 Å². The van der Waals surface area contributed by atoms with Crippen LogP contribution in [-0.4, -0.2) is 69.0 Å². The molecule has 2 fully saturated rings. The van der Waals surface area contributed by atoms with Crippen LogP contribution in [-0.2, 0) is 16.0 Å². The number of nitrogens with zero attached hydrogens (tertiary/aromatic N) is 2. The van der Waals surface area contributed by atoms with Gasteiger partial charge in [0.1, 0.15) is 0 Å². The third-order valence-corrected chi connectivity index (χ3v) is 5.77. The first kappa shape index (κ1) is 15.4. The molecule has 2 aliphatic rings. The summed E-state index contributed by atoms with van der Waals surface area (Å²) in [6.45, 7) is 6.39. The molecule has 0 unspecified atom stereocenters. The molecule has 4 nitrogen and oxygen atoms in total. The van der Waals surface area contributed by atoms with Gasteiger partial charge >= 0.3 is 0 Å². The zero-order chi connectivity index (χ0) is 14.7. The number of fused-ring (bicyclic) bond motifs is 1. The predicted octanol–water partition coefficient (Wildman–Crippen LogP) is 1.92. The van der Waals surface area contributed by atoms with Crippen LogP contribution in [0.5, 0.6) is 0 Å². The Morgan fingerprint density at radius 1 is 1.33 bits per heavy atom. The van der Waals surface area contributed by atoms with Gasteiger partial charge < -0.3 is 9.47 Å². The molecule has 118 valence electrons. The molecular weight excluding hydrogens is 284 g/mol. The minimum Gasteiger partial charge on any atom is -0.383 e. The molecule has 21 heavy (non-hydrogen) atoms. The second-order valence-corrected chi connectivity index (χ2v) is 7.13. The Morgan fingerprint density at radius 2 is 2.24 bits per heavy atom. The molecule has 2 aliphatic heterocycles. The van der Waals surface area contributed by atoms with Crippen LogP contribution >= 0.6 is 11.3 Å². The number of methoxy groups -OCH3 is 2. The second kappa shape index (κ2) is 7.20. The topological polar surface area (TPSA) is 24.9 Å². The predicted molar refractivity (Wildman–Crippen MR) is 85.7 cm³/mol. The van der Waals surface area contributed by atoms with E-state index in [9.17, 15) is 0 Å². The van der Waals surface area contributed by atoms with E-state index in [1.165, 1.54) is 4.88 Å². The summed E-state index contributed by atoms with van der Waals surface area (Å²) in [5, 5.41) is 2.17. The van der Waals surface area contributed by atoms with Crippen LogP contribution in [0, 0.1) is 5.92 Å². The number of ether oxygens (including phenoxy) is 2. The third kappa shape index (κ3) is 3.48. The lowest BCUT2D eigenvalue weighted by molar-refractivity contribution is -0.0242. The van der Waals surface area contributed by atoms with Crippen molar-refractivity contribution in [1.82, 2.24) is 9.80 Å². The standard InChI is InChI=1S/C16H26N2O2S/c1-19-8-7-17-11-14-15(12-17)18(6-5-16(14)20-2)10-13-4-3-9-21-13/h3-4,9,14-16H,5-8,10-12H2,1-2H3/t14-,15+,16-/m0/s1. The van der Waals surface area contributed by atoms with Gasteiger partial charge in [-0.2, -0.15) is 0 Å². The first-order valence-electron chi connectivity index (χ1n) is 7.82. The van der Waals surface area contributed by atoms with E-state index < -0.39 is 0 Å². The van der Waals surface area contributed by atoms with E-state index in [2.05, 4.69) is 27.3 Å².